The van der Waals surface area contributed by atoms with E-state index in [1.165, 1.54) is 6.92 Å². The second kappa shape index (κ2) is 4.70. The quantitative estimate of drug-likeness (QED) is 0.487. The molecule has 86 valence electrons. The number of carbonyl (C=O) groups excluding carboxylic acids is 1. The second-order valence-corrected chi connectivity index (χ2v) is 3.68. The van der Waals surface area contributed by atoms with Crippen molar-refractivity contribution >= 4 is 11.7 Å². The highest BCUT2D eigenvalue weighted by Gasteiger charge is 2.09. The Morgan fingerprint density at radius 2 is 1.59 bits per heavy atom. The first-order valence-corrected chi connectivity index (χ1v) is 5.31. The molecule has 0 aromatic heterocycles. The van der Waals surface area contributed by atoms with Crippen LogP contribution >= 0.6 is 0 Å². The van der Waals surface area contributed by atoms with Gasteiger partial charge in [-0.15, -0.1) is 0 Å². The van der Waals surface area contributed by atoms with E-state index in [4.69, 9.17) is 10.5 Å². The first-order valence-electron chi connectivity index (χ1n) is 5.31. The topological polar surface area (TPSA) is 52.3 Å². The number of hydrogen-bond acceptors (Lipinski definition) is 3. The SMILES string of the molecule is CC(=O)Oc1ccccc1-c1ccccc1N. The van der Waals surface area contributed by atoms with Crippen molar-refractivity contribution in [1.29, 1.82) is 0 Å². The van der Waals surface area contributed by atoms with Crippen molar-refractivity contribution in [2.75, 3.05) is 5.73 Å². The molecule has 0 spiro atoms. The maximum atomic E-state index is 11.0. The number of nitrogens with two attached hydrogens (primary N) is 1. The van der Waals surface area contributed by atoms with Crippen LogP contribution in [0.3, 0.4) is 0 Å². The molecule has 0 aliphatic carbocycles. The molecule has 0 heterocycles. The summed E-state index contributed by atoms with van der Waals surface area (Å²) >= 11 is 0. The molecule has 0 radical (unpaired) electrons. The van der Waals surface area contributed by atoms with Crippen LogP contribution in [-0.4, -0.2) is 5.97 Å². The summed E-state index contributed by atoms with van der Waals surface area (Å²) in [5.74, 6) is 0.185. The Morgan fingerprint density at radius 3 is 2.24 bits per heavy atom. The van der Waals surface area contributed by atoms with Crippen molar-refractivity contribution in [2.45, 2.75) is 6.92 Å². The number of ether oxygens (including phenoxy) is 1. The summed E-state index contributed by atoms with van der Waals surface area (Å²) in [6, 6.07) is 14.8. The van der Waals surface area contributed by atoms with Gasteiger partial charge in [-0.25, -0.2) is 0 Å². The molecule has 2 rings (SSSR count). The zero-order valence-electron chi connectivity index (χ0n) is 9.51. The molecule has 0 saturated carbocycles. The van der Waals surface area contributed by atoms with E-state index in [1.807, 2.05) is 42.5 Å². The van der Waals surface area contributed by atoms with Crippen LogP contribution in [0, 0.1) is 0 Å². The van der Waals surface area contributed by atoms with Crippen LogP contribution in [0.25, 0.3) is 11.1 Å². The number of benzene rings is 2. The van der Waals surface area contributed by atoms with E-state index in [1.54, 1.807) is 6.07 Å². The highest BCUT2D eigenvalue weighted by Crippen LogP contribution is 2.33. The standard InChI is InChI=1S/C14H13NO2/c1-10(16)17-14-9-5-3-7-12(14)11-6-2-4-8-13(11)15/h2-9H,15H2,1H3. The zero-order chi connectivity index (χ0) is 12.3. The third-order valence-corrected chi connectivity index (χ3v) is 2.39. The number of rotatable bonds is 2. The van der Waals surface area contributed by atoms with Gasteiger partial charge in [-0.3, -0.25) is 4.79 Å². The normalized spacial score (nSPS) is 9.94. The molecule has 2 aromatic rings. The van der Waals surface area contributed by atoms with Gasteiger partial charge >= 0.3 is 5.97 Å². The number of carbonyl (C=O) groups is 1. The minimum absolute atomic E-state index is 0.341. The van der Waals surface area contributed by atoms with Gasteiger partial charge in [0.25, 0.3) is 0 Å². The lowest BCUT2D eigenvalue weighted by atomic mass is 10.0. The van der Waals surface area contributed by atoms with Gasteiger partial charge in [0.05, 0.1) is 0 Å². The van der Waals surface area contributed by atoms with Crippen molar-refractivity contribution in [3.05, 3.63) is 48.5 Å². The van der Waals surface area contributed by atoms with Gasteiger partial charge in [-0.05, 0) is 12.1 Å². The van der Waals surface area contributed by atoms with Gasteiger partial charge in [0.1, 0.15) is 5.75 Å². The maximum Gasteiger partial charge on any atom is 0.308 e. The first-order chi connectivity index (χ1) is 8.18. The molecular weight excluding hydrogens is 214 g/mol. The zero-order valence-corrected chi connectivity index (χ0v) is 9.51. The molecular formula is C14H13NO2. The second-order valence-electron chi connectivity index (χ2n) is 3.68. The molecule has 3 nitrogen and oxygen atoms in total. The number of nitrogen functional groups attached to an aromatic ring is 1. The summed E-state index contributed by atoms with van der Waals surface area (Å²) in [5, 5.41) is 0. The van der Waals surface area contributed by atoms with Crippen LogP contribution in [0.4, 0.5) is 5.69 Å². The third kappa shape index (κ3) is 2.45. The Balaban J connectivity index is 2.52. The highest BCUT2D eigenvalue weighted by atomic mass is 16.5. The molecule has 17 heavy (non-hydrogen) atoms. The smallest absolute Gasteiger partial charge is 0.308 e. The Hall–Kier alpha value is -2.29. The fraction of sp³-hybridized carbons (Fsp3) is 0.0714. The third-order valence-electron chi connectivity index (χ3n) is 2.39. The lowest BCUT2D eigenvalue weighted by Gasteiger charge is -2.10. The minimum atomic E-state index is -0.341. The Bertz CT molecular complexity index is 549. The fourth-order valence-corrected chi connectivity index (χ4v) is 1.68. The molecule has 0 saturated heterocycles. The van der Waals surface area contributed by atoms with Crippen molar-refractivity contribution in [3.8, 4) is 16.9 Å². The molecule has 0 fully saturated rings. The van der Waals surface area contributed by atoms with E-state index in [2.05, 4.69) is 0 Å². The van der Waals surface area contributed by atoms with Gasteiger partial charge < -0.3 is 10.5 Å². The summed E-state index contributed by atoms with van der Waals surface area (Å²) in [6.45, 7) is 1.38. The van der Waals surface area contributed by atoms with Crippen molar-refractivity contribution in [1.82, 2.24) is 0 Å². The molecule has 0 bridgehead atoms. The predicted octanol–water partition coefficient (Wildman–Crippen LogP) is 2.86. The van der Waals surface area contributed by atoms with Crippen molar-refractivity contribution in [2.24, 2.45) is 0 Å². The Labute approximate surface area is 99.8 Å². The van der Waals surface area contributed by atoms with E-state index in [0.717, 1.165) is 11.1 Å². The first kappa shape index (κ1) is 11.2. The van der Waals surface area contributed by atoms with Crippen LogP contribution < -0.4 is 10.5 Å². The van der Waals surface area contributed by atoms with Crippen molar-refractivity contribution in [3.63, 3.8) is 0 Å². The number of hydrogen-bond donors (Lipinski definition) is 1. The van der Waals surface area contributed by atoms with Crippen LogP contribution in [0.1, 0.15) is 6.92 Å². The van der Waals surface area contributed by atoms with Gasteiger partial charge in [0.2, 0.25) is 0 Å². The lowest BCUT2D eigenvalue weighted by Crippen LogP contribution is -2.03. The fourth-order valence-electron chi connectivity index (χ4n) is 1.68. The van der Waals surface area contributed by atoms with E-state index < -0.39 is 0 Å². The summed E-state index contributed by atoms with van der Waals surface area (Å²) < 4.78 is 5.16. The molecule has 0 atom stereocenters. The van der Waals surface area contributed by atoms with Crippen molar-refractivity contribution < 1.29 is 9.53 Å². The van der Waals surface area contributed by atoms with Gasteiger partial charge in [0.15, 0.2) is 0 Å². The predicted molar refractivity (Wildman–Crippen MR) is 67.6 cm³/mol. The summed E-state index contributed by atoms with van der Waals surface area (Å²) in [6.07, 6.45) is 0. The number of esters is 1. The van der Waals surface area contributed by atoms with Crippen LogP contribution in [0.15, 0.2) is 48.5 Å². The lowest BCUT2D eigenvalue weighted by molar-refractivity contribution is -0.131. The van der Waals surface area contributed by atoms with E-state index in [-0.39, 0.29) is 5.97 Å². The molecule has 3 heteroatoms. The maximum absolute atomic E-state index is 11.0. The Kier molecular flexibility index (Phi) is 3.10. The molecule has 0 aliphatic rings. The van der Waals surface area contributed by atoms with Crippen LogP contribution in [0.2, 0.25) is 0 Å². The average molecular weight is 227 g/mol. The monoisotopic (exact) mass is 227 g/mol. The summed E-state index contributed by atoms with van der Waals surface area (Å²) in [4.78, 5) is 11.0. The van der Waals surface area contributed by atoms with Gasteiger partial charge in [-0.1, -0.05) is 36.4 Å². The Morgan fingerprint density at radius 1 is 1.00 bits per heavy atom. The van der Waals surface area contributed by atoms with Gasteiger partial charge in [0, 0.05) is 23.7 Å². The highest BCUT2D eigenvalue weighted by molar-refractivity contribution is 5.82. The van der Waals surface area contributed by atoms with Crippen LogP contribution in [-0.2, 0) is 4.79 Å². The number of anilines is 1. The van der Waals surface area contributed by atoms with E-state index in [0.29, 0.717) is 11.4 Å². The largest absolute Gasteiger partial charge is 0.426 e. The molecule has 2 N–H and O–H groups in total. The summed E-state index contributed by atoms with van der Waals surface area (Å²) in [5.41, 5.74) is 8.26. The van der Waals surface area contributed by atoms with E-state index in [9.17, 15) is 4.79 Å². The summed E-state index contributed by atoms with van der Waals surface area (Å²) in [7, 11) is 0. The van der Waals surface area contributed by atoms with Crippen LogP contribution in [0.5, 0.6) is 5.75 Å². The molecule has 0 aliphatic heterocycles. The minimum Gasteiger partial charge on any atom is -0.426 e. The van der Waals surface area contributed by atoms with Gasteiger partial charge in [-0.2, -0.15) is 0 Å². The average Bonchev–Trinajstić information content (AvgIpc) is 2.30. The number of para-hydroxylation sites is 2. The molecule has 0 unspecified atom stereocenters. The molecule has 2 aromatic carbocycles. The molecule has 0 amide bonds. The van der Waals surface area contributed by atoms with E-state index >= 15 is 0 Å².